The van der Waals surface area contributed by atoms with Crippen LogP contribution < -0.4 is 10.2 Å². The topological polar surface area (TPSA) is 65.5 Å². The first-order valence-electron chi connectivity index (χ1n) is 8.93. The highest BCUT2D eigenvalue weighted by atomic mass is 16.2. The first kappa shape index (κ1) is 17.9. The molecule has 2 amide bonds. The minimum Gasteiger partial charge on any atom is -0.353 e. The molecule has 1 aromatic carbocycles. The molecule has 1 aliphatic rings. The molecular formula is C20H24N4O2. The Hall–Kier alpha value is -2.89. The van der Waals surface area contributed by atoms with Gasteiger partial charge in [0.05, 0.1) is 5.56 Å². The van der Waals surface area contributed by atoms with Crippen LogP contribution in [0.2, 0.25) is 0 Å². The van der Waals surface area contributed by atoms with E-state index >= 15 is 0 Å². The molecule has 136 valence electrons. The van der Waals surface area contributed by atoms with Crippen molar-refractivity contribution in [1.29, 1.82) is 0 Å². The zero-order valence-corrected chi connectivity index (χ0v) is 15.2. The second kappa shape index (κ2) is 7.99. The molecule has 3 rings (SSSR count). The number of benzene rings is 1. The van der Waals surface area contributed by atoms with Gasteiger partial charge in [-0.1, -0.05) is 19.1 Å². The molecule has 1 aliphatic heterocycles. The van der Waals surface area contributed by atoms with Crippen LogP contribution in [0.4, 0.5) is 11.5 Å². The van der Waals surface area contributed by atoms with E-state index in [4.69, 9.17) is 0 Å². The van der Waals surface area contributed by atoms with Gasteiger partial charge in [-0.15, -0.1) is 0 Å². The van der Waals surface area contributed by atoms with Crippen LogP contribution in [-0.2, 0) is 11.2 Å². The summed E-state index contributed by atoms with van der Waals surface area (Å²) in [6.07, 6.45) is 2.57. The number of nitrogens with one attached hydrogen (secondary N) is 1. The van der Waals surface area contributed by atoms with E-state index in [2.05, 4.69) is 22.1 Å². The Balaban J connectivity index is 1.60. The Labute approximate surface area is 153 Å². The average Bonchev–Trinajstić information content (AvgIpc) is 2.69. The van der Waals surface area contributed by atoms with Crippen molar-refractivity contribution >= 4 is 23.3 Å². The van der Waals surface area contributed by atoms with E-state index in [-0.39, 0.29) is 11.8 Å². The molecule has 0 aliphatic carbocycles. The number of rotatable bonds is 4. The van der Waals surface area contributed by atoms with Gasteiger partial charge in [-0.05, 0) is 36.2 Å². The predicted molar refractivity (Wildman–Crippen MR) is 102 cm³/mol. The van der Waals surface area contributed by atoms with Crippen LogP contribution in [0.3, 0.4) is 0 Å². The molecule has 1 saturated heterocycles. The fourth-order valence-electron chi connectivity index (χ4n) is 2.98. The van der Waals surface area contributed by atoms with E-state index in [1.165, 1.54) is 5.56 Å². The normalized spacial score (nSPS) is 14.2. The second-order valence-electron chi connectivity index (χ2n) is 6.40. The SMILES string of the molecule is CCc1ccc(NC(=O)c2ccc(N3CCN(C(C)=O)CC3)nc2)cc1. The van der Waals surface area contributed by atoms with Crippen molar-refractivity contribution in [3.8, 4) is 0 Å². The van der Waals surface area contributed by atoms with Crippen LogP contribution in [0.25, 0.3) is 0 Å². The van der Waals surface area contributed by atoms with Crippen LogP contribution in [0.5, 0.6) is 0 Å². The summed E-state index contributed by atoms with van der Waals surface area (Å²) in [5.74, 6) is 0.767. The third-order valence-corrected chi connectivity index (χ3v) is 4.68. The molecule has 2 aromatic rings. The summed E-state index contributed by atoms with van der Waals surface area (Å²) in [5, 5.41) is 2.89. The van der Waals surface area contributed by atoms with Crippen LogP contribution in [0.1, 0.15) is 29.8 Å². The number of hydrogen-bond donors (Lipinski definition) is 1. The van der Waals surface area contributed by atoms with Crippen molar-refractivity contribution in [2.75, 3.05) is 36.4 Å². The zero-order chi connectivity index (χ0) is 18.5. The number of pyridine rings is 1. The first-order chi connectivity index (χ1) is 12.6. The largest absolute Gasteiger partial charge is 0.353 e. The van der Waals surface area contributed by atoms with Crippen LogP contribution >= 0.6 is 0 Å². The first-order valence-corrected chi connectivity index (χ1v) is 8.93. The van der Waals surface area contributed by atoms with Gasteiger partial charge in [-0.2, -0.15) is 0 Å². The summed E-state index contributed by atoms with van der Waals surface area (Å²) in [4.78, 5) is 32.1. The van der Waals surface area contributed by atoms with E-state index in [9.17, 15) is 9.59 Å². The molecule has 1 aromatic heterocycles. The quantitative estimate of drug-likeness (QED) is 0.918. The third kappa shape index (κ3) is 4.20. The van der Waals surface area contributed by atoms with Crippen molar-refractivity contribution in [3.05, 3.63) is 53.7 Å². The maximum atomic E-state index is 12.4. The average molecular weight is 352 g/mol. The van der Waals surface area contributed by atoms with Crippen molar-refractivity contribution in [2.45, 2.75) is 20.3 Å². The molecule has 26 heavy (non-hydrogen) atoms. The number of carbonyl (C=O) groups is 2. The fraction of sp³-hybridized carbons (Fsp3) is 0.350. The summed E-state index contributed by atoms with van der Waals surface area (Å²) >= 11 is 0. The lowest BCUT2D eigenvalue weighted by atomic mass is 10.1. The van der Waals surface area contributed by atoms with Crippen LogP contribution in [0, 0.1) is 0 Å². The van der Waals surface area contributed by atoms with Crippen LogP contribution in [-0.4, -0.2) is 47.9 Å². The van der Waals surface area contributed by atoms with Crippen molar-refractivity contribution in [3.63, 3.8) is 0 Å². The lowest BCUT2D eigenvalue weighted by molar-refractivity contribution is -0.129. The smallest absolute Gasteiger partial charge is 0.257 e. The lowest BCUT2D eigenvalue weighted by Gasteiger charge is -2.34. The second-order valence-corrected chi connectivity index (χ2v) is 6.40. The molecule has 0 atom stereocenters. The number of aromatic nitrogens is 1. The molecule has 1 fully saturated rings. The molecule has 0 radical (unpaired) electrons. The number of carbonyl (C=O) groups excluding carboxylic acids is 2. The molecule has 0 bridgehead atoms. The number of amides is 2. The number of aryl methyl sites for hydroxylation is 1. The summed E-state index contributed by atoms with van der Waals surface area (Å²) in [6, 6.07) is 11.5. The summed E-state index contributed by atoms with van der Waals surface area (Å²) in [5.41, 5.74) is 2.53. The van der Waals surface area contributed by atoms with Gasteiger partial charge in [0.15, 0.2) is 0 Å². The number of nitrogens with zero attached hydrogens (tertiary/aromatic N) is 3. The van der Waals surface area contributed by atoms with Gasteiger partial charge in [-0.25, -0.2) is 4.98 Å². The fourth-order valence-corrected chi connectivity index (χ4v) is 2.98. The minimum absolute atomic E-state index is 0.108. The molecule has 0 saturated carbocycles. The van der Waals surface area contributed by atoms with Gasteiger partial charge in [0, 0.05) is 45.0 Å². The molecule has 0 unspecified atom stereocenters. The van der Waals surface area contributed by atoms with Crippen molar-refractivity contribution < 1.29 is 9.59 Å². The van der Waals surface area contributed by atoms with Gasteiger partial charge < -0.3 is 15.1 Å². The standard InChI is InChI=1S/C20H24N4O2/c1-3-16-4-7-18(8-5-16)22-20(26)17-6-9-19(21-14-17)24-12-10-23(11-13-24)15(2)25/h4-9,14H,3,10-13H2,1-2H3,(H,22,26). The lowest BCUT2D eigenvalue weighted by Crippen LogP contribution is -2.48. The molecule has 1 N–H and O–H groups in total. The van der Waals surface area contributed by atoms with Gasteiger partial charge in [0.1, 0.15) is 5.82 Å². The van der Waals surface area contributed by atoms with Gasteiger partial charge in [0.25, 0.3) is 5.91 Å². The summed E-state index contributed by atoms with van der Waals surface area (Å²) < 4.78 is 0. The highest BCUT2D eigenvalue weighted by Gasteiger charge is 2.19. The van der Waals surface area contributed by atoms with E-state index in [1.54, 1.807) is 19.2 Å². The van der Waals surface area contributed by atoms with E-state index in [0.717, 1.165) is 31.0 Å². The molecule has 6 heteroatoms. The van der Waals surface area contributed by atoms with Crippen molar-refractivity contribution in [1.82, 2.24) is 9.88 Å². The minimum atomic E-state index is -0.172. The Bertz CT molecular complexity index is 763. The Morgan fingerprint density at radius 3 is 2.27 bits per heavy atom. The predicted octanol–water partition coefficient (Wildman–Crippen LogP) is 2.56. The highest BCUT2D eigenvalue weighted by Crippen LogP contribution is 2.16. The van der Waals surface area contributed by atoms with Gasteiger partial charge in [-0.3, -0.25) is 9.59 Å². The molecule has 6 nitrogen and oxygen atoms in total. The number of anilines is 2. The van der Waals surface area contributed by atoms with E-state index in [0.29, 0.717) is 18.7 Å². The maximum Gasteiger partial charge on any atom is 0.257 e. The van der Waals surface area contributed by atoms with E-state index in [1.807, 2.05) is 35.2 Å². The van der Waals surface area contributed by atoms with Gasteiger partial charge in [0.2, 0.25) is 5.91 Å². The van der Waals surface area contributed by atoms with Gasteiger partial charge >= 0.3 is 0 Å². The molecular weight excluding hydrogens is 328 g/mol. The van der Waals surface area contributed by atoms with Crippen LogP contribution in [0.15, 0.2) is 42.6 Å². The molecule has 2 heterocycles. The molecule has 0 spiro atoms. The zero-order valence-electron chi connectivity index (χ0n) is 15.2. The number of hydrogen-bond acceptors (Lipinski definition) is 4. The Morgan fingerprint density at radius 2 is 1.73 bits per heavy atom. The maximum absolute atomic E-state index is 12.4. The summed E-state index contributed by atoms with van der Waals surface area (Å²) in [7, 11) is 0. The Morgan fingerprint density at radius 1 is 1.04 bits per heavy atom. The van der Waals surface area contributed by atoms with Crippen molar-refractivity contribution in [2.24, 2.45) is 0 Å². The number of piperazine rings is 1. The highest BCUT2D eigenvalue weighted by molar-refractivity contribution is 6.04. The Kier molecular flexibility index (Phi) is 5.51. The summed E-state index contributed by atoms with van der Waals surface area (Å²) in [6.45, 7) is 6.60. The van der Waals surface area contributed by atoms with E-state index < -0.39 is 0 Å². The monoisotopic (exact) mass is 352 g/mol. The third-order valence-electron chi connectivity index (χ3n) is 4.68.